The van der Waals surface area contributed by atoms with Crippen molar-refractivity contribution in [3.8, 4) is 17.2 Å². The number of benzene rings is 1. The number of halogens is 2. The number of hydrogen-bond acceptors (Lipinski definition) is 5. The Balaban J connectivity index is 1.98. The Bertz CT molecular complexity index is 599. The van der Waals surface area contributed by atoms with E-state index in [4.69, 9.17) is 9.47 Å². The molecule has 0 saturated carbocycles. The molecule has 1 aromatic carbocycles. The molecule has 1 heterocycles. The zero-order chi connectivity index (χ0) is 18.2. The summed E-state index contributed by atoms with van der Waals surface area (Å²) in [5.74, 6) is 1.52. The van der Waals surface area contributed by atoms with Crippen molar-refractivity contribution in [3.63, 3.8) is 0 Å². The molecule has 7 nitrogen and oxygen atoms in total. The van der Waals surface area contributed by atoms with Crippen LogP contribution in [0.1, 0.15) is 12.5 Å². The first-order chi connectivity index (χ1) is 12.0. The van der Waals surface area contributed by atoms with Crippen LogP contribution in [0.3, 0.4) is 0 Å². The highest BCUT2D eigenvalue weighted by Gasteiger charge is 2.20. The first-order valence-corrected chi connectivity index (χ1v) is 8.03. The molecular weight excluding hydrogens is 334 g/mol. The quantitative estimate of drug-likeness (QED) is 0.544. The Kier molecular flexibility index (Phi) is 7.05. The lowest BCUT2D eigenvalue weighted by Gasteiger charge is -2.17. The van der Waals surface area contributed by atoms with Gasteiger partial charge in [0, 0.05) is 38.3 Å². The van der Waals surface area contributed by atoms with Crippen LogP contribution in [0.25, 0.3) is 0 Å². The summed E-state index contributed by atoms with van der Waals surface area (Å²) in [6.07, 6.45) is 0. The molecule has 0 aliphatic carbocycles. The molecule has 2 rings (SSSR count). The molecule has 0 atom stereocenters. The smallest absolute Gasteiger partial charge is 0.387 e. The van der Waals surface area contributed by atoms with Gasteiger partial charge in [0.2, 0.25) is 6.79 Å². The van der Waals surface area contributed by atoms with Crippen molar-refractivity contribution in [2.24, 2.45) is 4.99 Å². The van der Waals surface area contributed by atoms with Crippen LogP contribution >= 0.6 is 0 Å². The maximum absolute atomic E-state index is 12.6. The summed E-state index contributed by atoms with van der Waals surface area (Å²) in [6, 6.07) is 3.04. The van der Waals surface area contributed by atoms with Gasteiger partial charge in [-0.15, -0.1) is 0 Å². The number of nitrogens with one attached hydrogen (secondary N) is 2. The summed E-state index contributed by atoms with van der Waals surface area (Å²) < 4.78 is 40.4. The first-order valence-electron chi connectivity index (χ1n) is 8.03. The molecule has 0 saturated heterocycles. The summed E-state index contributed by atoms with van der Waals surface area (Å²) in [7, 11) is 3.67. The van der Waals surface area contributed by atoms with E-state index in [0.717, 1.165) is 13.1 Å². The SMILES string of the molecule is CCN(C)CCNC(=NC)NCc1cc2c(cc1OC(F)F)OCO2. The normalized spacial score (nSPS) is 13.5. The van der Waals surface area contributed by atoms with E-state index in [0.29, 0.717) is 29.6 Å². The molecule has 0 amide bonds. The predicted octanol–water partition coefficient (Wildman–Crippen LogP) is 1.63. The van der Waals surface area contributed by atoms with Gasteiger partial charge in [-0.25, -0.2) is 0 Å². The van der Waals surface area contributed by atoms with Crippen LogP contribution in [0.5, 0.6) is 17.2 Å². The molecule has 0 fully saturated rings. The van der Waals surface area contributed by atoms with Crippen molar-refractivity contribution in [1.82, 2.24) is 15.5 Å². The highest BCUT2D eigenvalue weighted by Crippen LogP contribution is 2.38. The van der Waals surface area contributed by atoms with E-state index in [2.05, 4.69) is 32.2 Å². The van der Waals surface area contributed by atoms with Gasteiger partial charge in [-0.05, 0) is 19.7 Å². The lowest BCUT2D eigenvalue weighted by atomic mass is 10.1. The largest absolute Gasteiger partial charge is 0.454 e. The number of ether oxygens (including phenoxy) is 3. The maximum Gasteiger partial charge on any atom is 0.387 e. The van der Waals surface area contributed by atoms with Gasteiger partial charge in [0.1, 0.15) is 5.75 Å². The van der Waals surface area contributed by atoms with Crippen molar-refractivity contribution in [2.45, 2.75) is 20.1 Å². The second-order valence-corrected chi connectivity index (χ2v) is 5.44. The number of hydrogen-bond donors (Lipinski definition) is 2. The summed E-state index contributed by atoms with van der Waals surface area (Å²) in [6.45, 7) is 2.01. The number of alkyl halides is 2. The molecule has 1 aliphatic rings. The van der Waals surface area contributed by atoms with Crippen LogP contribution < -0.4 is 24.8 Å². The third-order valence-electron chi connectivity index (χ3n) is 3.77. The Morgan fingerprint density at radius 2 is 2.04 bits per heavy atom. The molecule has 2 N–H and O–H groups in total. The fraction of sp³-hybridized carbons (Fsp3) is 0.562. The van der Waals surface area contributed by atoms with Gasteiger partial charge in [0.25, 0.3) is 0 Å². The van der Waals surface area contributed by atoms with Gasteiger partial charge in [-0.1, -0.05) is 6.92 Å². The molecule has 0 bridgehead atoms. The van der Waals surface area contributed by atoms with Gasteiger partial charge in [0.15, 0.2) is 17.5 Å². The van der Waals surface area contributed by atoms with Crippen LogP contribution in [0, 0.1) is 0 Å². The number of likely N-dealkylation sites (N-methyl/N-ethyl adjacent to an activating group) is 1. The van der Waals surface area contributed by atoms with Crippen molar-refractivity contribution in [1.29, 1.82) is 0 Å². The van der Waals surface area contributed by atoms with Crippen LogP contribution in [0.2, 0.25) is 0 Å². The fourth-order valence-corrected chi connectivity index (χ4v) is 2.23. The molecule has 1 aromatic rings. The minimum absolute atomic E-state index is 0.0490. The van der Waals surface area contributed by atoms with Crippen LogP contribution in [0.15, 0.2) is 17.1 Å². The lowest BCUT2D eigenvalue weighted by Crippen LogP contribution is -2.40. The number of aliphatic imine (C=N–C) groups is 1. The number of rotatable bonds is 8. The third-order valence-corrected chi connectivity index (χ3v) is 3.77. The van der Waals surface area contributed by atoms with E-state index < -0.39 is 6.61 Å². The van der Waals surface area contributed by atoms with Gasteiger partial charge in [-0.2, -0.15) is 8.78 Å². The molecule has 0 aromatic heterocycles. The van der Waals surface area contributed by atoms with Gasteiger partial charge in [0.05, 0.1) is 0 Å². The number of fused-ring (bicyclic) bond motifs is 1. The summed E-state index contributed by atoms with van der Waals surface area (Å²) in [5, 5.41) is 6.25. The monoisotopic (exact) mass is 358 g/mol. The standard InChI is InChI=1S/C16H24F2N4O3/c1-4-22(3)6-5-20-16(19-2)21-9-11-7-13-14(24-10-23-13)8-12(11)25-15(17)18/h7-8,15H,4-6,9-10H2,1-3H3,(H2,19,20,21). The van der Waals surface area contributed by atoms with E-state index in [1.807, 2.05) is 7.05 Å². The number of guanidine groups is 1. The molecular formula is C16H24F2N4O3. The Labute approximate surface area is 146 Å². The Morgan fingerprint density at radius 3 is 2.68 bits per heavy atom. The average Bonchev–Trinajstić information content (AvgIpc) is 3.04. The minimum Gasteiger partial charge on any atom is -0.454 e. The Hall–Kier alpha value is -2.29. The summed E-state index contributed by atoms with van der Waals surface area (Å²) >= 11 is 0. The zero-order valence-corrected chi connectivity index (χ0v) is 14.6. The summed E-state index contributed by atoms with van der Waals surface area (Å²) in [4.78, 5) is 6.28. The zero-order valence-electron chi connectivity index (χ0n) is 14.6. The Morgan fingerprint density at radius 1 is 1.32 bits per heavy atom. The van der Waals surface area contributed by atoms with Crippen molar-refractivity contribution in [3.05, 3.63) is 17.7 Å². The lowest BCUT2D eigenvalue weighted by molar-refractivity contribution is -0.0505. The van der Waals surface area contributed by atoms with Crippen LogP contribution in [0.4, 0.5) is 8.78 Å². The minimum atomic E-state index is -2.92. The first kappa shape index (κ1) is 19.0. The topological polar surface area (TPSA) is 67.4 Å². The second kappa shape index (κ2) is 9.26. The molecule has 0 unspecified atom stereocenters. The molecule has 1 aliphatic heterocycles. The molecule has 0 spiro atoms. The van der Waals surface area contributed by atoms with E-state index in [9.17, 15) is 8.78 Å². The average molecular weight is 358 g/mol. The molecule has 9 heteroatoms. The highest BCUT2D eigenvalue weighted by molar-refractivity contribution is 5.79. The third kappa shape index (κ3) is 5.63. The van der Waals surface area contributed by atoms with Crippen LogP contribution in [-0.4, -0.2) is 58.0 Å². The highest BCUT2D eigenvalue weighted by atomic mass is 19.3. The van der Waals surface area contributed by atoms with Crippen molar-refractivity contribution < 1.29 is 23.0 Å². The molecule has 140 valence electrons. The van der Waals surface area contributed by atoms with Crippen LogP contribution in [-0.2, 0) is 6.54 Å². The van der Waals surface area contributed by atoms with E-state index in [1.165, 1.54) is 6.07 Å². The number of nitrogens with zero attached hydrogens (tertiary/aromatic N) is 2. The second-order valence-electron chi connectivity index (χ2n) is 5.44. The van der Waals surface area contributed by atoms with Crippen molar-refractivity contribution in [2.75, 3.05) is 40.5 Å². The maximum atomic E-state index is 12.6. The molecule has 0 radical (unpaired) electrons. The van der Waals surface area contributed by atoms with Gasteiger partial charge >= 0.3 is 6.61 Å². The fourth-order valence-electron chi connectivity index (χ4n) is 2.23. The predicted molar refractivity (Wildman–Crippen MR) is 90.6 cm³/mol. The van der Waals surface area contributed by atoms with Crippen molar-refractivity contribution >= 4 is 5.96 Å². The van der Waals surface area contributed by atoms with E-state index in [1.54, 1.807) is 13.1 Å². The van der Waals surface area contributed by atoms with E-state index in [-0.39, 0.29) is 19.1 Å². The summed E-state index contributed by atoms with van der Waals surface area (Å²) in [5.41, 5.74) is 0.526. The van der Waals surface area contributed by atoms with Gasteiger partial charge < -0.3 is 29.7 Å². The molecule has 25 heavy (non-hydrogen) atoms. The van der Waals surface area contributed by atoms with E-state index >= 15 is 0 Å². The van der Waals surface area contributed by atoms with Gasteiger partial charge in [-0.3, -0.25) is 4.99 Å².